The highest BCUT2D eigenvalue weighted by Crippen LogP contribution is 2.16. The minimum absolute atomic E-state index is 0.00895. The van der Waals surface area contributed by atoms with Crippen LogP contribution in [0.4, 0.5) is 8.78 Å². The molecule has 0 saturated carbocycles. The van der Waals surface area contributed by atoms with E-state index in [2.05, 4.69) is 9.82 Å². The maximum absolute atomic E-state index is 13.5. The Kier molecular flexibility index (Phi) is 4.38. The smallest absolute Gasteiger partial charge is 0.243 e. The summed E-state index contributed by atoms with van der Waals surface area (Å²) in [5.74, 6) is -1.95. The summed E-state index contributed by atoms with van der Waals surface area (Å²) >= 11 is 0. The number of rotatable bonds is 5. The highest BCUT2D eigenvalue weighted by Gasteiger charge is 2.20. The molecule has 114 valence electrons. The minimum Gasteiger partial charge on any atom is -0.270 e. The molecule has 8 heteroatoms. The van der Waals surface area contributed by atoms with E-state index < -0.39 is 26.6 Å². The molecule has 0 aliphatic carbocycles. The van der Waals surface area contributed by atoms with Crippen LogP contribution in [0.1, 0.15) is 18.2 Å². The van der Waals surface area contributed by atoms with Crippen molar-refractivity contribution in [1.82, 2.24) is 14.5 Å². The number of sulfonamides is 1. The molecule has 0 saturated heterocycles. The largest absolute Gasteiger partial charge is 0.270 e. The predicted octanol–water partition coefficient (Wildman–Crippen LogP) is 1.97. The van der Waals surface area contributed by atoms with Crippen LogP contribution in [0.2, 0.25) is 0 Å². The zero-order valence-electron chi connectivity index (χ0n) is 11.6. The lowest BCUT2D eigenvalue weighted by Crippen LogP contribution is -2.24. The Morgan fingerprint density at radius 1 is 1.33 bits per heavy atom. The average molecular weight is 315 g/mol. The van der Waals surface area contributed by atoms with Crippen molar-refractivity contribution in [3.05, 3.63) is 47.3 Å². The van der Waals surface area contributed by atoms with Gasteiger partial charge in [-0.2, -0.15) is 5.10 Å². The number of hydrogen-bond acceptors (Lipinski definition) is 3. The van der Waals surface area contributed by atoms with Crippen LogP contribution >= 0.6 is 0 Å². The Morgan fingerprint density at radius 3 is 2.62 bits per heavy atom. The summed E-state index contributed by atoms with van der Waals surface area (Å²) in [5.41, 5.74) is 1.53. The van der Waals surface area contributed by atoms with E-state index in [-0.39, 0.29) is 6.54 Å². The molecule has 1 N–H and O–H groups in total. The van der Waals surface area contributed by atoms with Crippen molar-refractivity contribution >= 4 is 10.0 Å². The Labute approximate surface area is 121 Å². The molecular weight excluding hydrogens is 300 g/mol. The first kappa shape index (κ1) is 15.6. The van der Waals surface area contributed by atoms with Crippen molar-refractivity contribution in [3.63, 3.8) is 0 Å². The number of halogens is 2. The lowest BCUT2D eigenvalue weighted by Gasteiger charge is -2.08. The van der Waals surface area contributed by atoms with Crippen LogP contribution in [0, 0.1) is 18.6 Å². The molecule has 0 aliphatic rings. The van der Waals surface area contributed by atoms with Gasteiger partial charge in [0, 0.05) is 30.4 Å². The molecule has 1 aromatic heterocycles. The third-order valence-corrected chi connectivity index (χ3v) is 4.57. The van der Waals surface area contributed by atoms with Gasteiger partial charge in [-0.05, 0) is 26.0 Å². The molecule has 0 unspecified atom stereocenters. The van der Waals surface area contributed by atoms with Crippen LogP contribution in [0.3, 0.4) is 0 Å². The number of hydrogen-bond donors (Lipinski definition) is 1. The number of aromatic nitrogens is 2. The van der Waals surface area contributed by atoms with E-state index in [0.29, 0.717) is 18.2 Å². The molecule has 21 heavy (non-hydrogen) atoms. The fraction of sp³-hybridized carbons (Fsp3) is 0.308. The van der Waals surface area contributed by atoms with Crippen molar-refractivity contribution < 1.29 is 17.2 Å². The molecule has 0 bridgehead atoms. The summed E-state index contributed by atoms with van der Waals surface area (Å²) in [6, 6.07) is 2.34. The van der Waals surface area contributed by atoms with Gasteiger partial charge in [0.2, 0.25) is 10.0 Å². The molecule has 5 nitrogen and oxygen atoms in total. The third kappa shape index (κ3) is 3.27. The first-order valence-corrected chi connectivity index (χ1v) is 7.79. The van der Waals surface area contributed by atoms with Crippen molar-refractivity contribution in [2.45, 2.75) is 31.8 Å². The quantitative estimate of drug-likeness (QED) is 0.917. The molecule has 2 rings (SSSR count). The lowest BCUT2D eigenvalue weighted by molar-refractivity contribution is 0.543. The van der Waals surface area contributed by atoms with Crippen LogP contribution in [0.25, 0.3) is 0 Å². The summed E-state index contributed by atoms with van der Waals surface area (Å²) in [7, 11) is -4.05. The van der Waals surface area contributed by atoms with Gasteiger partial charge in [-0.15, -0.1) is 0 Å². The second kappa shape index (κ2) is 5.90. The van der Waals surface area contributed by atoms with E-state index in [1.54, 1.807) is 10.9 Å². The van der Waals surface area contributed by atoms with Gasteiger partial charge in [-0.3, -0.25) is 4.68 Å². The van der Waals surface area contributed by atoms with Crippen molar-refractivity contribution in [3.8, 4) is 0 Å². The lowest BCUT2D eigenvalue weighted by atomic mass is 10.3. The first-order chi connectivity index (χ1) is 9.85. The van der Waals surface area contributed by atoms with E-state index in [1.165, 1.54) is 0 Å². The molecule has 0 amide bonds. The number of nitrogens with one attached hydrogen (secondary N) is 1. The summed E-state index contributed by atoms with van der Waals surface area (Å²) in [4.78, 5) is -0.579. The number of nitrogens with zero attached hydrogens (tertiary/aromatic N) is 2. The second-order valence-electron chi connectivity index (χ2n) is 4.47. The van der Waals surface area contributed by atoms with Crippen LogP contribution in [0.15, 0.2) is 29.3 Å². The van der Waals surface area contributed by atoms with E-state index in [1.807, 2.05) is 13.8 Å². The molecular formula is C13H15F2N3O2S. The van der Waals surface area contributed by atoms with Gasteiger partial charge in [0.1, 0.15) is 16.5 Å². The molecule has 0 atom stereocenters. The molecule has 1 heterocycles. The molecule has 0 radical (unpaired) electrons. The maximum Gasteiger partial charge on any atom is 0.243 e. The Balaban J connectivity index is 2.19. The molecule has 0 aliphatic heterocycles. The fourth-order valence-electron chi connectivity index (χ4n) is 1.92. The summed E-state index contributed by atoms with van der Waals surface area (Å²) in [6.45, 7) is 4.40. The SMILES string of the molecule is CCn1ncc(CNS(=O)(=O)c2ccc(F)cc2F)c1C. The topological polar surface area (TPSA) is 64.0 Å². The fourth-order valence-corrected chi connectivity index (χ4v) is 2.99. The van der Waals surface area contributed by atoms with E-state index in [9.17, 15) is 17.2 Å². The van der Waals surface area contributed by atoms with E-state index >= 15 is 0 Å². The van der Waals surface area contributed by atoms with Gasteiger partial charge in [0.25, 0.3) is 0 Å². The third-order valence-electron chi connectivity index (χ3n) is 3.14. The van der Waals surface area contributed by atoms with Gasteiger partial charge in [-0.1, -0.05) is 0 Å². The van der Waals surface area contributed by atoms with Gasteiger partial charge >= 0.3 is 0 Å². The van der Waals surface area contributed by atoms with Crippen molar-refractivity contribution in [2.24, 2.45) is 0 Å². The Morgan fingerprint density at radius 2 is 2.05 bits per heavy atom. The zero-order chi connectivity index (χ0) is 15.6. The summed E-state index contributed by atoms with van der Waals surface area (Å²) in [6.07, 6.45) is 1.56. The molecule has 2 aromatic rings. The first-order valence-electron chi connectivity index (χ1n) is 6.31. The Hall–Kier alpha value is -1.80. The van der Waals surface area contributed by atoms with Gasteiger partial charge < -0.3 is 0 Å². The molecule has 1 aromatic carbocycles. The van der Waals surface area contributed by atoms with Crippen LogP contribution in [-0.4, -0.2) is 18.2 Å². The zero-order valence-corrected chi connectivity index (χ0v) is 12.4. The molecule has 0 spiro atoms. The van der Waals surface area contributed by atoms with Gasteiger partial charge in [-0.25, -0.2) is 21.9 Å². The highest BCUT2D eigenvalue weighted by molar-refractivity contribution is 7.89. The monoisotopic (exact) mass is 315 g/mol. The minimum atomic E-state index is -4.05. The van der Waals surface area contributed by atoms with Gasteiger partial charge in [0.15, 0.2) is 0 Å². The molecule has 0 fully saturated rings. The second-order valence-corrected chi connectivity index (χ2v) is 6.21. The predicted molar refractivity (Wildman–Crippen MR) is 73.0 cm³/mol. The van der Waals surface area contributed by atoms with Gasteiger partial charge in [0.05, 0.1) is 6.20 Å². The van der Waals surface area contributed by atoms with E-state index in [4.69, 9.17) is 0 Å². The highest BCUT2D eigenvalue weighted by atomic mass is 32.2. The normalized spacial score (nSPS) is 11.8. The van der Waals surface area contributed by atoms with Crippen LogP contribution < -0.4 is 4.72 Å². The maximum atomic E-state index is 13.5. The Bertz CT molecular complexity index is 757. The summed E-state index contributed by atoms with van der Waals surface area (Å²) < 4.78 is 54.4. The van der Waals surface area contributed by atoms with Crippen LogP contribution in [-0.2, 0) is 23.1 Å². The van der Waals surface area contributed by atoms with Crippen LogP contribution in [0.5, 0.6) is 0 Å². The van der Waals surface area contributed by atoms with E-state index in [0.717, 1.165) is 17.8 Å². The van der Waals surface area contributed by atoms with Crippen molar-refractivity contribution in [2.75, 3.05) is 0 Å². The van der Waals surface area contributed by atoms with Crippen molar-refractivity contribution in [1.29, 1.82) is 0 Å². The number of benzene rings is 1. The number of aryl methyl sites for hydroxylation is 1. The average Bonchev–Trinajstić information content (AvgIpc) is 2.76. The standard InChI is InChI=1S/C13H15F2N3O2S/c1-3-18-9(2)10(7-16-18)8-17-21(19,20)13-5-4-11(14)6-12(13)15/h4-7,17H,3,8H2,1-2H3. The summed E-state index contributed by atoms with van der Waals surface area (Å²) in [5, 5.41) is 4.09.